The molecule has 0 fully saturated rings. The minimum atomic E-state index is -3.65. The number of halogens is 1. The Bertz CT molecular complexity index is 758. The number of anilines is 2. The molecule has 0 unspecified atom stereocenters. The fraction of sp³-hybridized carbons (Fsp3) is 0.143. The molecule has 0 heterocycles. The van der Waals surface area contributed by atoms with Crippen LogP contribution in [0.3, 0.4) is 0 Å². The van der Waals surface area contributed by atoms with Gasteiger partial charge < -0.3 is 5.73 Å². The summed E-state index contributed by atoms with van der Waals surface area (Å²) in [7, 11) is -3.65. The fourth-order valence-corrected chi connectivity index (χ4v) is 3.49. The lowest BCUT2D eigenvalue weighted by molar-refractivity contribution is 0.600. The molecule has 4 nitrogen and oxygen atoms in total. The van der Waals surface area contributed by atoms with Crippen molar-refractivity contribution in [2.45, 2.75) is 18.7 Å². The van der Waals surface area contributed by atoms with E-state index in [-0.39, 0.29) is 4.90 Å². The van der Waals surface area contributed by atoms with Crippen LogP contribution in [0.2, 0.25) is 0 Å². The molecule has 0 saturated carbocycles. The SMILES string of the molecule is Cc1ccc(NS(=O)(=O)c2cccc(N)c2C)cc1Br. The molecule has 0 aliphatic heterocycles. The highest BCUT2D eigenvalue weighted by Crippen LogP contribution is 2.25. The van der Waals surface area contributed by atoms with Crippen LogP contribution < -0.4 is 10.5 Å². The first-order valence-corrected chi connectivity index (χ1v) is 8.23. The smallest absolute Gasteiger partial charge is 0.262 e. The molecule has 2 aromatic rings. The number of nitrogen functional groups attached to an aromatic ring is 1. The van der Waals surface area contributed by atoms with Crippen molar-refractivity contribution in [1.82, 2.24) is 0 Å². The van der Waals surface area contributed by atoms with E-state index in [9.17, 15) is 8.42 Å². The maximum Gasteiger partial charge on any atom is 0.262 e. The van der Waals surface area contributed by atoms with Gasteiger partial charge in [0.2, 0.25) is 0 Å². The monoisotopic (exact) mass is 354 g/mol. The Morgan fingerprint density at radius 1 is 1.15 bits per heavy atom. The van der Waals surface area contributed by atoms with Gasteiger partial charge in [-0.15, -0.1) is 0 Å². The van der Waals surface area contributed by atoms with Crippen LogP contribution in [-0.2, 0) is 10.0 Å². The van der Waals surface area contributed by atoms with Gasteiger partial charge in [-0.05, 0) is 49.2 Å². The number of sulfonamides is 1. The van der Waals surface area contributed by atoms with Gasteiger partial charge >= 0.3 is 0 Å². The highest BCUT2D eigenvalue weighted by Gasteiger charge is 2.18. The molecule has 3 N–H and O–H groups in total. The zero-order valence-corrected chi connectivity index (χ0v) is 13.5. The largest absolute Gasteiger partial charge is 0.398 e. The van der Waals surface area contributed by atoms with Crippen molar-refractivity contribution in [2.24, 2.45) is 0 Å². The highest BCUT2D eigenvalue weighted by molar-refractivity contribution is 9.10. The molecule has 0 spiro atoms. The molecule has 0 atom stereocenters. The van der Waals surface area contributed by atoms with E-state index in [1.54, 1.807) is 31.2 Å². The summed E-state index contributed by atoms with van der Waals surface area (Å²) in [4.78, 5) is 0.189. The van der Waals surface area contributed by atoms with E-state index in [4.69, 9.17) is 5.73 Å². The Balaban J connectivity index is 2.41. The van der Waals surface area contributed by atoms with Crippen LogP contribution in [0.15, 0.2) is 45.8 Å². The first-order chi connectivity index (χ1) is 9.31. The van der Waals surface area contributed by atoms with Crippen molar-refractivity contribution in [1.29, 1.82) is 0 Å². The quantitative estimate of drug-likeness (QED) is 0.829. The number of benzene rings is 2. The van der Waals surface area contributed by atoms with Crippen molar-refractivity contribution in [3.63, 3.8) is 0 Å². The summed E-state index contributed by atoms with van der Waals surface area (Å²) in [6.07, 6.45) is 0. The molecule has 0 aliphatic rings. The zero-order valence-electron chi connectivity index (χ0n) is 11.1. The van der Waals surface area contributed by atoms with E-state index < -0.39 is 10.0 Å². The minimum Gasteiger partial charge on any atom is -0.398 e. The standard InChI is InChI=1S/C14H15BrN2O2S/c1-9-6-7-11(8-12(9)15)17-20(18,19)14-5-3-4-13(16)10(14)2/h3-8,17H,16H2,1-2H3. The van der Waals surface area contributed by atoms with Crippen molar-refractivity contribution in [2.75, 3.05) is 10.5 Å². The van der Waals surface area contributed by atoms with Crippen LogP contribution in [0.4, 0.5) is 11.4 Å². The zero-order chi connectivity index (χ0) is 14.9. The molecule has 0 amide bonds. The molecule has 0 bridgehead atoms. The van der Waals surface area contributed by atoms with Gasteiger partial charge in [0.1, 0.15) is 0 Å². The summed E-state index contributed by atoms with van der Waals surface area (Å²) >= 11 is 3.38. The van der Waals surface area contributed by atoms with Crippen molar-refractivity contribution in [3.05, 3.63) is 52.0 Å². The Hall–Kier alpha value is -1.53. The van der Waals surface area contributed by atoms with Gasteiger partial charge in [-0.25, -0.2) is 8.42 Å². The van der Waals surface area contributed by atoms with Crippen molar-refractivity contribution < 1.29 is 8.42 Å². The van der Waals surface area contributed by atoms with Gasteiger partial charge in [0.25, 0.3) is 10.0 Å². The van der Waals surface area contributed by atoms with Crippen LogP contribution in [0, 0.1) is 13.8 Å². The molecule has 0 radical (unpaired) electrons. The Kier molecular flexibility index (Phi) is 4.06. The van der Waals surface area contributed by atoms with E-state index >= 15 is 0 Å². The summed E-state index contributed by atoms with van der Waals surface area (Å²) in [6, 6.07) is 10.1. The number of hydrogen-bond acceptors (Lipinski definition) is 3. The molecule has 0 saturated heterocycles. The Morgan fingerprint density at radius 2 is 1.85 bits per heavy atom. The molecular formula is C14H15BrN2O2S. The highest BCUT2D eigenvalue weighted by atomic mass is 79.9. The molecule has 0 aromatic heterocycles. The summed E-state index contributed by atoms with van der Waals surface area (Å²) in [5.41, 5.74) is 8.30. The molecular weight excluding hydrogens is 340 g/mol. The Morgan fingerprint density at radius 3 is 2.50 bits per heavy atom. The average Bonchev–Trinajstić information content (AvgIpc) is 2.36. The van der Waals surface area contributed by atoms with Gasteiger partial charge in [-0.1, -0.05) is 28.1 Å². The fourth-order valence-electron chi connectivity index (χ4n) is 1.79. The van der Waals surface area contributed by atoms with E-state index in [1.165, 1.54) is 6.07 Å². The molecule has 0 aliphatic carbocycles. The third-order valence-corrected chi connectivity index (χ3v) is 5.42. The van der Waals surface area contributed by atoms with E-state index in [0.717, 1.165) is 10.0 Å². The lowest BCUT2D eigenvalue weighted by Gasteiger charge is -2.12. The first-order valence-electron chi connectivity index (χ1n) is 5.95. The summed E-state index contributed by atoms with van der Waals surface area (Å²) in [6.45, 7) is 3.62. The number of nitrogens with one attached hydrogen (secondary N) is 1. The predicted octanol–water partition coefficient (Wildman–Crippen LogP) is 3.45. The van der Waals surface area contributed by atoms with Gasteiger partial charge in [0, 0.05) is 15.8 Å². The maximum atomic E-state index is 12.4. The predicted molar refractivity (Wildman–Crippen MR) is 85.3 cm³/mol. The van der Waals surface area contributed by atoms with Gasteiger partial charge in [-0.2, -0.15) is 0 Å². The second-order valence-corrected chi connectivity index (χ2v) is 7.04. The molecule has 106 valence electrons. The number of aryl methyl sites for hydroxylation is 1. The van der Waals surface area contributed by atoms with Crippen molar-refractivity contribution in [3.8, 4) is 0 Å². The third-order valence-electron chi connectivity index (χ3n) is 3.04. The topological polar surface area (TPSA) is 72.2 Å². The summed E-state index contributed by atoms with van der Waals surface area (Å²) < 4.78 is 28.2. The first kappa shape index (κ1) is 14.9. The normalized spacial score (nSPS) is 11.3. The molecule has 2 rings (SSSR count). The molecule has 20 heavy (non-hydrogen) atoms. The van der Waals surface area contributed by atoms with E-state index in [2.05, 4.69) is 20.7 Å². The van der Waals surface area contributed by atoms with Gasteiger partial charge in [-0.3, -0.25) is 4.72 Å². The Labute approximate surface area is 127 Å². The van der Waals surface area contributed by atoms with Crippen LogP contribution in [0.5, 0.6) is 0 Å². The average molecular weight is 355 g/mol. The molecule has 6 heteroatoms. The number of hydrogen-bond donors (Lipinski definition) is 2. The lowest BCUT2D eigenvalue weighted by atomic mass is 10.2. The number of nitrogens with two attached hydrogens (primary N) is 1. The van der Waals surface area contributed by atoms with Gasteiger partial charge in [0.05, 0.1) is 4.90 Å². The second kappa shape index (κ2) is 5.46. The van der Waals surface area contributed by atoms with E-state index in [0.29, 0.717) is 16.9 Å². The van der Waals surface area contributed by atoms with Crippen LogP contribution >= 0.6 is 15.9 Å². The number of rotatable bonds is 3. The van der Waals surface area contributed by atoms with Gasteiger partial charge in [0.15, 0.2) is 0 Å². The van der Waals surface area contributed by atoms with Crippen LogP contribution in [0.1, 0.15) is 11.1 Å². The maximum absolute atomic E-state index is 12.4. The van der Waals surface area contributed by atoms with Crippen LogP contribution in [0.25, 0.3) is 0 Å². The summed E-state index contributed by atoms with van der Waals surface area (Å²) in [5.74, 6) is 0. The van der Waals surface area contributed by atoms with Crippen molar-refractivity contribution >= 4 is 37.3 Å². The summed E-state index contributed by atoms with van der Waals surface area (Å²) in [5, 5.41) is 0. The van der Waals surface area contributed by atoms with Crippen LogP contribution in [-0.4, -0.2) is 8.42 Å². The lowest BCUT2D eigenvalue weighted by Crippen LogP contribution is -2.15. The second-order valence-electron chi connectivity index (χ2n) is 4.54. The van der Waals surface area contributed by atoms with E-state index in [1.807, 2.05) is 13.0 Å². The minimum absolute atomic E-state index is 0.189. The third kappa shape index (κ3) is 2.96. The molecule has 2 aromatic carbocycles.